The number of amides is 1. The molecular weight excluding hydrogens is 378 g/mol. The Labute approximate surface area is 177 Å². The SMILES string of the molecule is COc1ccccc1CN(CC1CCCO1)C(=O)COc1ccc2ccccc2c1. The molecule has 0 bridgehead atoms. The predicted octanol–water partition coefficient (Wildman–Crippen LogP) is 4.44. The van der Waals surface area contributed by atoms with E-state index in [4.69, 9.17) is 14.2 Å². The minimum atomic E-state index is -0.0652. The lowest BCUT2D eigenvalue weighted by Gasteiger charge is -2.26. The summed E-state index contributed by atoms with van der Waals surface area (Å²) >= 11 is 0. The number of carbonyl (C=O) groups excluding carboxylic acids is 1. The maximum atomic E-state index is 13.1. The third-order valence-corrected chi connectivity index (χ3v) is 5.44. The lowest BCUT2D eigenvalue weighted by atomic mass is 10.1. The third-order valence-electron chi connectivity index (χ3n) is 5.44. The molecule has 0 saturated carbocycles. The lowest BCUT2D eigenvalue weighted by molar-refractivity contribution is -0.135. The molecule has 1 aliphatic heterocycles. The van der Waals surface area contributed by atoms with Gasteiger partial charge in [-0.15, -0.1) is 0 Å². The van der Waals surface area contributed by atoms with Crippen LogP contribution in [0, 0.1) is 0 Å². The second-order valence-corrected chi connectivity index (χ2v) is 7.52. The first kappa shape index (κ1) is 20.2. The van der Waals surface area contributed by atoms with E-state index in [1.807, 2.05) is 65.6 Å². The number of ether oxygens (including phenoxy) is 3. The van der Waals surface area contributed by atoms with Crippen LogP contribution in [0.1, 0.15) is 18.4 Å². The molecule has 3 aromatic rings. The van der Waals surface area contributed by atoms with E-state index in [0.717, 1.165) is 41.5 Å². The molecule has 3 aromatic carbocycles. The van der Waals surface area contributed by atoms with Crippen molar-refractivity contribution >= 4 is 16.7 Å². The highest BCUT2D eigenvalue weighted by molar-refractivity contribution is 5.84. The van der Waals surface area contributed by atoms with Gasteiger partial charge in [0.2, 0.25) is 0 Å². The van der Waals surface area contributed by atoms with Crippen LogP contribution >= 0.6 is 0 Å². The molecule has 1 saturated heterocycles. The number of methoxy groups -OCH3 is 1. The van der Waals surface area contributed by atoms with Crippen molar-refractivity contribution in [3.05, 3.63) is 72.3 Å². The van der Waals surface area contributed by atoms with Crippen molar-refractivity contribution in [2.45, 2.75) is 25.5 Å². The molecule has 156 valence electrons. The van der Waals surface area contributed by atoms with Crippen molar-refractivity contribution < 1.29 is 19.0 Å². The average molecular weight is 405 g/mol. The second-order valence-electron chi connectivity index (χ2n) is 7.52. The maximum absolute atomic E-state index is 13.1. The number of para-hydroxylation sites is 1. The summed E-state index contributed by atoms with van der Waals surface area (Å²) in [7, 11) is 1.65. The number of benzene rings is 3. The average Bonchev–Trinajstić information content (AvgIpc) is 3.30. The molecule has 30 heavy (non-hydrogen) atoms. The summed E-state index contributed by atoms with van der Waals surface area (Å²) in [5.74, 6) is 1.40. The fraction of sp³-hybridized carbons (Fsp3) is 0.320. The summed E-state index contributed by atoms with van der Waals surface area (Å²) in [5.41, 5.74) is 0.969. The van der Waals surface area contributed by atoms with E-state index in [9.17, 15) is 4.79 Å². The topological polar surface area (TPSA) is 48.0 Å². The molecule has 1 amide bonds. The largest absolute Gasteiger partial charge is 0.496 e. The lowest BCUT2D eigenvalue weighted by Crippen LogP contribution is -2.39. The molecule has 5 heteroatoms. The molecule has 4 rings (SSSR count). The number of nitrogens with zero attached hydrogens (tertiary/aromatic N) is 1. The Kier molecular flexibility index (Phi) is 6.50. The van der Waals surface area contributed by atoms with Crippen molar-refractivity contribution in [1.82, 2.24) is 4.90 Å². The van der Waals surface area contributed by atoms with Gasteiger partial charge in [0.25, 0.3) is 5.91 Å². The van der Waals surface area contributed by atoms with Crippen molar-refractivity contribution in [2.24, 2.45) is 0 Å². The Morgan fingerprint density at radius 3 is 2.67 bits per heavy atom. The van der Waals surface area contributed by atoms with Crippen molar-refractivity contribution in [3.8, 4) is 11.5 Å². The smallest absolute Gasteiger partial charge is 0.260 e. The van der Waals surface area contributed by atoms with Crippen LogP contribution in [-0.2, 0) is 16.1 Å². The van der Waals surface area contributed by atoms with Gasteiger partial charge >= 0.3 is 0 Å². The molecule has 5 nitrogen and oxygen atoms in total. The molecule has 1 atom stereocenters. The number of hydrogen-bond acceptors (Lipinski definition) is 4. The summed E-state index contributed by atoms with van der Waals surface area (Å²) < 4.78 is 17.1. The fourth-order valence-electron chi connectivity index (χ4n) is 3.82. The zero-order valence-corrected chi connectivity index (χ0v) is 17.3. The number of hydrogen-bond donors (Lipinski definition) is 0. The molecular formula is C25H27NO4. The molecule has 0 radical (unpaired) electrons. The highest BCUT2D eigenvalue weighted by atomic mass is 16.5. The van der Waals surface area contributed by atoms with Crippen LogP contribution < -0.4 is 9.47 Å². The summed E-state index contributed by atoms with van der Waals surface area (Å²) in [6, 6.07) is 21.8. The van der Waals surface area contributed by atoms with E-state index in [-0.39, 0.29) is 18.6 Å². The van der Waals surface area contributed by atoms with E-state index in [0.29, 0.717) is 18.8 Å². The molecule has 0 aromatic heterocycles. The quantitative estimate of drug-likeness (QED) is 0.556. The molecule has 1 heterocycles. The predicted molar refractivity (Wildman–Crippen MR) is 117 cm³/mol. The number of rotatable bonds is 8. The van der Waals surface area contributed by atoms with Gasteiger partial charge in [-0.2, -0.15) is 0 Å². The van der Waals surface area contributed by atoms with Gasteiger partial charge in [0.15, 0.2) is 6.61 Å². The summed E-state index contributed by atoms with van der Waals surface area (Å²) in [6.45, 7) is 1.76. The van der Waals surface area contributed by atoms with Crippen LogP contribution in [0.4, 0.5) is 0 Å². The van der Waals surface area contributed by atoms with Crippen LogP contribution in [0.5, 0.6) is 11.5 Å². The van der Waals surface area contributed by atoms with Crippen molar-refractivity contribution in [1.29, 1.82) is 0 Å². The van der Waals surface area contributed by atoms with Gasteiger partial charge < -0.3 is 19.1 Å². The Bertz CT molecular complexity index is 997. The summed E-state index contributed by atoms with van der Waals surface area (Å²) in [6.07, 6.45) is 2.08. The number of carbonyl (C=O) groups is 1. The van der Waals surface area contributed by atoms with Crippen LogP contribution in [-0.4, -0.2) is 43.8 Å². The Hall–Kier alpha value is -3.05. The third kappa shape index (κ3) is 4.92. The first-order valence-electron chi connectivity index (χ1n) is 10.4. The summed E-state index contributed by atoms with van der Waals surface area (Å²) in [4.78, 5) is 14.9. The highest BCUT2D eigenvalue weighted by Crippen LogP contribution is 2.23. The molecule has 0 N–H and O–H groups in total. The van der Waals surface area contributed by atoms with Gasteiger partial charge in [0.05, 0.1) is 13.2 Å². The van der Waals surface area contributed by atoms with Crippen molar-refractivity contribution in [3.63, 3.8) is 0 Å². The van der Waals surface area contributed by atoms with E-state index in [1.54, 1.807) is 7.11 Å². The highest BCUT2D eigenvalue weighted by Gasteiger charge is 2.24. The molecule has 1 aliphatic rings. The van der Waals surface area contributed by atoms with E-state index >= 15 is 0 Å². The van der Waals surface area contributed by atoms with Gasteiger partial charge in [-0.25, -0.2) is 0 Å². The minimum absolute atomic E-state index is 0.0137. The summed E-state index contributed by atoms with van der Waals surface area (Å²) in [5, 5.41) is 2.24. The molecule has 0 spiro atoms. The van der Waals surface area contributed by atoms with Gasteiger partial charge in [0.1, 0.15) is 11.5 Å². The van der Waals surface area contributed by atoms with Gasteiger partial charge in [-0.3, -0.25) is 4.79 Å². The van der Waals surface area contributed by atoms with E-state index in [1.165, 1.54) is 0 Å². The molecule has 0 aliphatic carbocycles. The molecule has 1 fully saturated rings. The Morgan fingerprint density at radius 2 is 1.87 bits per heavy atom. The van der Waals surface area contributed by atoms with Gasteiger partial charge in [0, 0.05) is 25.3 Å². The van der Waals surface area contributed by atoms with Crippen LogP contribution in [0.15, 0.2) is 66.7 Å². The zero-order valence-electron chi connectivity index (χ0n) is 17.3. The monoisotopic (exact) mass is 405 g/mol. The molecule has 1 unspecified atom stereocenters. The normalized spacial score (nSPS) is 15.8. The van der Waals surface area contributed by atoms with E-state index in [2.05, 4.69) is 6.07 Å². The first-order chi connectivity index (χ1) is 14.7. The van der Waals surface area contributed by atoms with Crippen LogP contribution in [0.3, 0.4) is 0 Å². The van der Waals surface area contributed by atoms with Crippen LogP contribution in [0.25, 0.3) is 10.8 Å². The maximum Gasteiger partial charge on any atom is 0.260 e. The van der Waals surface area contributed by atoms with Crippen LogP contribution in [0.2, 0.25) is 0 Å². The Balaban J connectivity index is 1.46. The van der Waals surface area contributed by atoms with Gasteiger partial charge in [-0.05, 0) is 41.8 Å². The standard InChI is InChI=1S/C25H27NO4/c1-28-24-11-5-4-9-21(24)16-26(17-23-10-6-14-29-23)25(27)18-30-22-13-12-19-7-2-3-8-20(19)15-22/h2-5,7-9,11-13,15,23H,6,10,14,16-18H2,1H3. The van der Waals surface area contributed by atoms with E-state index < -0.39 is 0 Å². The number of fused-ring (bicyclic) bond motifs is 1. The van der Waals surface area contributed by atoms with Crippen molar-refractivity contribution in [2.75, 3.05) is 26.9 Å². The Morgan fingerprint density at radius 1 is 1.07 bits per heavy atom. The van der Waals surface area contributed by atoms with Gasteiger partial charge in [-0.1, -0.05) is 48.5 Å². The second kappa shape index (κ2) is 9.63. The zero-order chi connectivity index (χ0) is 20.8. The fourth-order valence-corrected chi connectivity index (χ4v) is 3.82. The minimum Gasteiger partial charge on any atom is -0.496 e. The first-order valence-corrected chi connectivity index (χ1v) is 10.4.